The average Bonchev–Trinajstić information content (AvgIpc) is 3.25. The highest BCUT2D eigenvalue weighted by molar-refractivity contribution is 5.88. The molecule has 2 atom stereocenters. The predicted octanol–water partition coefficient (Wildman–Crippen LogP) is 1.76. The van der Waals surface area contributed by atoms with Gasteiger partial charge in [0.15, 0.2) is 0 Å². The van der Waals surface area contributed by atoms with E-state index < -0.39 is 5.54 Å². The molecule has 1 saturated heterocycles. The van der Waals surface area contributed by atoms with Crippen LogP contribution in [0.4, 0.5) is 0 Å². The molecule has 0 bridgehead atoms. The number of carbonyl (C=O) groups excluding carboxylic acids is 1. The Balaban J connectivity index is 1.62. The van der Waals surface area contributed by atoms with Gasteiger partial charge in [0.1, 0.15) is 0 Å². The van der Waals surface area contributed by atoms with Gasteiger partial charge < -0.3 is 15.8 Å². The van der Waals surface area contributed by atoms with E-state index in [-0.39, 0.29) is 12.0 Å². The summed E-state index contributed by atoms with van der Waals surface area (Å²) < 4.78 is 5.93. The van der Waals surface area contributed by atoms with E-state index in [0.29, 0.717) is 12.5 Å². The fraction of sp³-hybridized carbons (Fsp3) is 0.562. The van der Waals surface area contributed by atoms with E-state index in [2.05, 4.69) is 17.4 Å². The SMILES string of the molecule is NC1(C(=O)NCC2CCCOC2c2ccccc2)CC1. The Bertz CT molecular complexity index is 471. The highest BCUT2D eigenvalue weighted by Crippen LogP contribution is 2.34. The minimum Gasteiger partial charge on any atom is -0.373 e. The Morgan fingerprint density at radius 3 is 2.80 bits per heavy atom. The number of benzene rings is 1. The molecule has 4 nitrogen and oxygen atoms in total. The standard InChI is InChI=1S/C16H22N2O2/c17-16(8-9-16)15(19)18-11-13-7-4-10-20-14(13)12-5-2-1-3-6-12/h1-3,5-6,13-14H,4,7-11,17H2,(H,18,19). The second-order valence-corrected chi connectivity index (χ2v) is 5.97. The van der Waals surface area contributed by atoms with E-state index in [4.69, 9.17) is 10.5 Å². The van der Waals surface area contributed by atoms with Gasteiger partial charge >= 0.3 is 0 Å². The molecule has 108 valence electrons. The highest BCUT2D eigenvalue weighted by Gasteiger charge is 2.46. The summed E-state index contributed by atoms with van der Waals surface area (Å²) in [6, 6.07) is 10.3. The number of hydrogen-bond donors (Lipinski definition) is 2. The van der Waals surface area contributed by atoms with Gasteiger partial charge in [0.2, 0.25) is 5.91 Å². The maximum Gasteiger partial charge on any atom is 0.240 e. The van der Waals surface area contributed by atoms with Crippen LogP contribution in [0, 0.1) is 5.92 Å². The van der Waals surface area contributed by atoms with Crippen LogP contribution in [0.15, 0.2) is 30.3 Å². The van der Waals surface area contributed by atoms with Crippen molar-refractivity contribution in [1.29, 1.82) is 0 Å². The molecule has 0 aromatic heterocycles. The third kappa shape index (κ3) is 2.86. The lowest BCUT2D eigenvalue weighted by Gasteiger charge is -2.32. The first kappa shape index (κ1) is 13.6. The molecule has 1 aliphatic carbocycles. The monoisotopic (exact) mass is 274 g/mol. The zero-order chi connectivity index (χ0) is 14.0. The van der Waals surface area contributed by atoms with Crippen molar-refractivity contribution in [3.8, 4) is 0 Å². The molecule has 1 aromatic carbocycles. The van der Waals surface area contributed by atoms with Crippen LogP contribution < -0.4 is 11.1 Å². The Morgan fingerprint density at radius 2 is 2.10 bits per heavy atom. The lowest BCUT2D eigenvalue weighted by molar-refractivity contribution is -0.124. The van der Waals surface area contributed by atoms with Crippen molar-refractivity contribution in [1.82, 2.24) is 5.32 Å². The molecule has 0 radical (unpaired) electrons. The average molecular weight is 274 g/mol. The Labute approximate surface area is 119 Å². The number of ether oxygens (including phenoxy) is 1. The first-order valence-corrected chi connectivity index (χ1v) is 7.43. The number of amides is 1. The maximum absolute atomic E-state index is 11.9. The van der Waals surface area contributed by atoms with Gasteiger partial charge in [-0.2, -0.15) is 0 Å². The molecular formula is C16H22N2O2. The van der Waals surface area contributed by atoms with Crippen LogP contribution in [0.25, 0.3) is 0 Å². The fourth-order valence-corrected chi connectivity index (χ4v) is 2.83. The van der Waals surface area contributed by atoms with E-state index in [1.165, 1.54) is 5.56 Å². The molecule has 1 amide bonds. The van der Waals surface area contributed by atoms with Crippen molar-refractivity contribution in [2.45, 2.75) is 37.3 Å². The van der Waals surface area contributed by atoms with Crippen LogP contribution in [0.3, 0.4) is 0 Å². The van der Waals surface area contributed by atoms with Crippen LogP contribution in [-0.4, -0.2) is 24.6 Å². The molecule has 1 aliphatic heterocycles. The Hall–Kier alpha value is -1.39. The van der Waals surface area contributed by atoms with Crippen LogP contribution in [0.1, 0.15) is 37.4 Å². The van der Waals surface area contributed by atoms with E-state index in [9.17, 15) is 4.79 Å². The molecule has 3 rings (SSSR count). The maximum atomic E-state index is 11.9. The molecule has 2 aliphatic rings. The van der Waals surface area contributed by atoms with Crippen molar-refractivity contribution >= 4 is 5.91 Å². The summed E-state index contributed by atoms with van der Waals surface area (Å²) in [6.45, 7) is 1.45. The Kier molecular flexibility index (Phi) is 3.76. The second kappa shape index (κ2) is 5.54. The molecule has 0 spiro atoms. The molecule has 3 N–H and O–H groups in total. The lowest BCUT2D eigenvalue weighted by atomic mass is 9.89. The summed E-state index contributed by atoms with van der Waals surface area (Å²) in [5, 5.41) is 3.01. The third-order valence-electron chi connectivity index (χ3n) is 4.34. The van der Waals surface area contributed by atoms with Crippen molar-refractivity contribution in [2.24, 2.45) is 11.7 Å². The fourth-order valence-electron chi connectivity index (χ4n) is 2.83. The summed E-state index contributed by atoms with van der Waals surface area (Å²) >= 11 is 0. The number of nitrogens with one attached hydrogen (secondary N) is 1. The summed E-state index contributed by atoms with van der Waals surface area (Å²) in [5.41, 5.74) is 6.52. The van der Waals surface area contributed by atoms with Gasteiger partial charge in [0, 0.05) is 19.1 Å². The van der Waals surface area contributed by atoms with Crippen LogP contribution >= 0.6 is 0 Å². The van der Waals surface area contributed by atoms with Gasteiger partial charge in [0.25, 0.3) is 0 Å². The minimum atomic E-state index is -0.586. The van der Waals surface area contributed by atoms with Gasteiger partial charge in [-0.3, -0.25) is 4.79 Å². The zero-order valence-corrected chi connectivity index (χ0v) is 11.7. The molecule has 1 aromatic rings. The topological polar surface area (TPSA) is 64.4 Å². The predicted molar refractivity (Wildman–Crippen MR) is 77.0 cm³/mol. The number of carbonyl (C=O) groups is 1. The largest absolute Gasteiger partial charge is 0.373 e. The van der Waals surface area contributed by atoms with Gasteiger partial charge in [-0.25, -0.2) is 0 Å². The van der Waals surface area contributed by atoms with Crippen molar-refractivity contribution < 1.29 is 9.53 Å². The van der Waals surface area contributed by atoms with Gasteiger partial charge in [-0.1, -0.05) is 30.3 Å². The first-order chi connectivity index (χ1) is 9.69. The molecule has 20 heavy (non-hydrogen) atoms. The molecule has 2 unspecified atom stereocenters. The molecule has 4 heteroatoms. The normalized spacial score (nSPS) is 27.9. The van der Waals surface area contributed by atoms with E-state index in [1.54, 1.807) is 0 Å². The second-order valence-electron chi connectivity index (χ2n) is 5.97. The Morgan fingerprint density at radius 1 is 1.35 bits per heavy atom. The van der Waals surface area contributed by atoms with Crippen molar-refractivity contribution in [3.63, 3.8) is 0 Å². The third-order valence-corrected chi connectivity index (χ3v) is 4.34. The molecule has 1 heterocycles. The van der Waals surface area contributed by atoms with Crippen LogP contribution in [0.2, 0.25) is 0 Å². The zero-order valence-electron chi connectivity index (χ0n) is 11.7. The van der Waals surface area contributed by atoms with Gasteiger partial charge in [0.05, 0.1) is 11.6 Å². The van der Waals surface area contributed by atoms with Gasteiger partial charge in [-0.05, 0) is 31.2 Å². The number of rotatable bonds is 4. The van der Waals surface area contributed by atoms with E-state index in [0.717, 1.165) is 32.3 Å². The molecule has 1 saturated carbocycles. The highest BCUT2D eigenvalue weighted by atomic mass is 16.5. The first-order valence-electron chi connectivity index (χ1n) is 7.43. The smallest absolute Gasteiger partial charge is 0.240 e. The minimum absolute atomic E-state index is 0.00474. The van der Waals surface area contributed by atoms with Crippen LogP contribution in [0.5, 0.6) is 0 Å². The quantitative estimate of drug-likeness (QED) is 0.879. The summed E-state index contributed by atoms with van der Waals surface area (Å²) in [5.74, 6) is 0.326. The van der Waals surface area contributed by atoms with E-state index >= 15 is 0 Å². The lowest BCUT2D eigenvalue weighted by Crippen LogP contribution is -2.45. The van der Waals surface area contributed by atoms with Crippen LogP contribution in [-0.2, 0) is 9.53 Å². The van der Waals surface area contributed by atoms with Crippen molar-refractivity contribution in [3.05, 3.63) is 35.9 Å². The summed E-state index contributed by atoms with van der Waals surface area (Å²) in [7, 11) is 0. The summed E-state index contributed by atoms with van der Waals surface area (Å²) in [4.78, 5) is 11.9. The number of nitrogens with two attached hydrogens (primary N) is 1. The van der Waals surface area contributed by atoms with Crippen molar-refractivity contribution in [2.75, 3.05) is 13.2 Å². The molecular weight excluding hydrogens is 252 g/mol. The number of hydrogen-bond acceptors (Lipinski definition) is 3. The molecule has 2 fully saturated rings. The van der Waals surface area contributed by atoms with Gasteiger partial charge in [-0.15, -0.1) is 0 Å². The van der Waals surface area contributed by atoms with E-state index in [1.807, 2.05) is 18.2 Å². The summed E-state index contributed by atoms with van der Waals surface area (Å²) in [6.07, 6.45) is 3.83.